The lowest BCUT2D eigenvalue weighted by molar-refractivity contribution is -0.385. The molecule has 2 aromatic carbocycles. The van der Waals surface area contributed by atoms with Gasteiger partial charge < -0.3 is 9.64 Å². The van der Waals surface area contributed by atoms with Gasteiger partial charge in [-0.05, 0) is 43.0 Å². The summed E-state index contributed by atoms with van der Waals surface area (Å²) in [6.07, 6.45) is 5.29. The molecule has 0 unspecified atom stereocenters. The van der Waals surface area contributed by atoms with Gasteiger partial charge in [0.1, 0.15) is 0 Å². The zero-order chi connectivity index (χ0) is 19.8. The van der Waals surface area contributed by atoms with Gasteiger partial charge in [0.05, 0.1) is 11.1 Å². The van der Waals surface area contributed by atoms with E-state index in [0.29, 0.717) is 0 Å². The van der Waals surface area contributed by atoms with Crippen LogP contribution < -0.4 is 15.1 Å². The van der Waals surface area contributed by atoms with E-state index < -0.39 is 10.8 Å². The first-order valence-electron chi connectivity index (χ1n) is 9.16. The van der Waals surface area contributed by atoms with Crippen molar-refractivity contribution in [2.24, 2.45) is 5.10 Å². The predicted octanol–water partition coefficient (Wildman–Crippen LogP) is 3.11. The molecule has 1 heterocycles. The van der Waals surface area contributed by atoms with Gasteiger partial charge in [0.2, 0.25) is 0 Å². The van der Waals surface area contributed by atoms with Gasteiger partial charge in [-0.2, -0.15) is 5.10 Å². The molecule has 3 rings (SSSR count). The smallest absolute Gasteiger partial charge is 0.310 e. The van der Waals surface area contributed by atoms with Gasteiger partial charge in [-0.25, -0.2) is 5.43 Å². The minimum absolute atomic E-state index is 0.0416. The Bertz CT molecular complexity index is 846. The van der Waals surface area contributed by atoms with Crippen molar-refractivity contribution in [3.63, 3.8) is 0 Å². The standard InChI is InChI=1S/C20H22N4O4/c25-20(15-28-19-7-3-2-6-18(19)24(26)27)22-21-14-16-8-10-17(11-9-16)23-12-4-1-5-13-23/h2-3,6-11,14H,1,4-5,12-13,15H2,(H,22,25)/b21-14+. The highest BCUT2D eigenvalue weighted by Gasteiger charge is 2.14. The molecule has 1 aliphatic rings. The highest BCUT2D eigenvalue weighted by Crippen LogP contribution is 2.25. The first-order chi connectivity index (χ1) is 13.6. The molecule has 1 fully saturated rings. The SMILES string of the molecule is O=C(COc1ccccc1[N+](=O)[O-])N/N=C/c1ccc(N2CCCCC2)cc1. The van der Waals surface area contributed by atoms with Crippen LogP contribution in [-0.2, 0) is 4.79 Å². The predicted molar refractivity (Wildman–Crippen MR) is 107 cm³/mol. The van der Waals surface area contributed by atoms with Crippen LogP contribution in [0.2, 0.25) is 0 Å². The number of carbonyl (C=O) groups excluding carboxylic acids is 1. The number of nitro benzene ring substituents is 1. The van der Waals surface area contributed by atoms with Gasteiger partial charge in [0, 0.05) is 24.8 Å². The summed E-state index contributed by atoms with van der Waals surface area (Å²) in [6.45, 7) is 1.81. The number of nitrogens with one attached hydrogen (secondary N) is 1. The molecule has 8 heteroatoms. The first-order valence-corrected chi connectivity index (χ1v) is 9.16. The number of para-hydroxylation sites is 2. The average Bonchev–Trinajstić information content (AvgIpc) is 2.73. The molecule has 0 atom stereocenters. The van der Waals surface area contributed by atoms with E-state index in [1.54, 1.807) is 12.3 Å². The highest BCUT2D eigenvalue weighted by molar-refractivity contribution is 5.83. The summed E-state index contributed by atoms with van der Waals surface area (Å²) in [4.78, 5) is 24.6. The summed E-state index contributed by atoms with van der Waals surface area (Å²) < 4.78 is 5.21. The Morgan fingerprint density at radius 1 is 1.14 bits per heavy atom. The summed E-state index contributed by atoms with van der Waals surface area (Å²) >= 11 is 0. The number of hydrazone groups is 1. The number of nitrogens with zero attached hydrogens (tertiary/aromatic N) is 3. The molecule has 0 radical (unpaired) electrons. The topological polar surface area (TPSA) is 97.1 Å². The molecule has 0 saturated carbocycles. The molecule has 1 amide bonds. The van der Waals surface area contributed by atoms with Crippen LogP contribution in [0.4, 0.5) is 11.4 Å². The maximum atomic E-state index is 11.8. The van der Waals surface area contributed by atoms with Crippen LogP contribution in [0.1, 0.15) is 24.8 Å². The summed E-state index contributed by atoms with van der Waals surface area (Å²) in [5, 5.41) is 14.8. The van der Waals surface area contributed by atoms with Crippen molar-refractivity contribution in [3.8, 4) is 5.75 Å². The van der Waals surface area contributed by atoms with Crippen LogP contribution in [0.3, 0.4) is 0 Å². The molecule has 1 N–H and O–H groups in total. The number of carbonyl (C=O) groups is 1. The minimum Gasteiger partial charge on any atom is -0.477 e. The van der Waals surface area contributed by atoms with Crippen molar-refractivity contribution in [2.75, 3.05) is 24.6 Å². The number of anilines is 1. The van der Waals surface area contributed by atoms with Crippen LogP contribution in [0, 0.1) is 10.1 Å². The van der Waals surface area contributed by atoms with Gasteiger partial charge in [0.25, 0.3) is 5.91 Å². The average molecular weight is 382 g/mol. The third-order valence-corrected chi connectivity index (χ3v) is 4.44. The Kier molecular flexibility index (Phi) is 6.56. The summed E-state index contributed by atoms with van der Waals surface area (Å²) in [6, 6.07) is 13.9. The third kappa shape index (κ3) is 5.29. The Hall–Kier alpha value is -3.42. The van der Waals surface area contributed by atoms with Crippen molar-refractivity contribution >= 4 is 23.5 Å². The van der Waals surface area contributed by atoms with Gasteiger partial charge in [-0.1, -0.05) is 24.3 Å². The number of amides is 1. The lowest BCUT2D eigenvalue weighted by Gasteiger charge is -2.28. The van der Waals surface area contributed by atoms with Gasteiger partial charge in [-0.3, -0.25) is 14.9 Å². The Balaban J connectivity index is 1.48. The van der Waals surface area contributed by atoms with E-state index in [9.17, 15) is 14.9 Å². The molecule has 0 aliphatic carbocycles. The van der Waals surface area contributed by atoms with Crippen molar-refractivity contribution in [1.82, 2.24) is 5.43 Å². The summed E-state index contributed by atoms with van der Waals surface area (Å²) in [5.74, 6) is -0.459. The second-order valence-corrected chi connectivity index (χ2v) is 6.45. The first kappa shape index (κ1) is 19.3. The second-order valence-electron chi connectivity index (χ2n) is 6.45. The zero-order valence-electron chi connectivity index (χ0n) is 15.4. The number of hydrogen-bond donors (Lipinski definition) is 1. The number of nitro groups is 1. The molecule has 1 aliphatic heterocycles. The second kappa shape index (κ2) is 9.50. The van der Waals surface area contributed by atoms with Crippen molar-refractivity contribution in [1.29, 1.82) is 0 Å². The van der Waals surface area contributed by atoms with E-state index in [0.717, 1.165) is 18.7 Å². The number of rotatable bonds is 7. The van der Waals surface area contributed by atoms with Gasteiger partial charge in [0.15, 0.2) is 12.4 Å². The summed E-state index contributed by atoms with van der Waals surface area (Å²) in [7, 11) is 0. The van der Waals surface area contributed by atoms with Crippen molar-refractivity contribution in [2.45, 2.75) is 19.3 Å². The maximum absolute atomic E-state index is 11.8. The zero-order valence-corrected chi connectivity index (χ0v) is 15.4. The van der Waals surface area contributed by atoms with E-state index in [1.165, 1.54) is 43.1 Å². The third-order valence-electron chi connectivity index (χ3n) is 4.44. The molecule has 1 saturated heterocycles. The van der Waals surface area contributed by atoms with Crippen LogP contribution >= 0.6 is 0 Å². The minimum atomic E-state index is -0.557. The molecule has 2 aromatic rings. The monoisotopic (exact) mass is 382 g/mol. The van der Waals surface area contributed by atoms with Crippen molar-refractivity contribution < 1.29 is 14.5 Å². The molecule has 0 bridgehead atoms. The number of benzene rings is 2. The van der Waals surface area contributed by atoms with E-state index in [4.69, 9.17) is 4.74 Å². The number of hydrogen-bond acceptors (Lipinski definition) is 6. The molecule has 8 nitrogen and oxygen atoms in total. The van der Waals surface area contributed by atoms with E-state index in [-0.39, 0.29) is 18.0 Å². The van der Waals surface area contributed by atoms with E-state index in [1.807, 2.05) is 24.3 Å². The maximum Gasteiger partial charge on any atom is 0.310 e. The van der Waals surface area contributed by atoms with Crippen LogP contribution in [0.15, 0.2) is 53.6 Å². The highest BCUT2D eigenvalue weighted by atomic mass is 16.6. The fourth-order valence-corrected chi connectivity index (χ4v) is 3.01. The van der Waals surface area contributed by atoms with E-state index >= 15 is 0 Å². The Labute approximate surface area is 163 Å². The normalized spacial score (nSPS) is 14.1. The fraction of sp³-hybridized carbons (Fsp3) is 0.300. The van der Waals surface area contributed by atoms with Crippen LogP contribution in [0.25, 0.3) is 0 Å². The largest absolute Gasteiger partial charge is 0.477 e. The molecule has 0 spiro atoms. The molecule has 0 aromatic heterocycles. The number of ether oxygens (including phenoxy) is 1. The Morgan fingerprint density at radius 2 is 1.86 bits per heavy atom. The van der Waals surface area contributed by atoms with Crippen LogP contribution in [-0.4, -0.2) is 36.7 Å². The lowest BCUT2D eigenvalue weighted by atomic mass is 10.1. The Morgan fingerprint density at radius 3 is 2.57 bits per heavy atom. The van der Waals surface area contributed by atoms with Gasteiger partial charge in [-0.15, -0.1) is 0 Å². The molecular formula is C20H22N4O4. The lowest BCUT2D eigenvalue weighted by Crippen LogP contribution is -2.29. The molecule has 146 valence electrons. The molecular weight excluding hydrogens is 360 g/mol. The fourth-order valence-electron chi connectivity index (χ4n) is 3.01. The molecule has 28 heavy (non-hydrogen) atoms. The van der Waals surface area contributed by atoms with Gasteiger partial charge >= 0.3 is 5.69 Å². The number of piperidine rings is 1. The van der Waals surface area contributed by atoms with Crippen molar-refractivity contribution in [3.05, 3.63) is 64.2 Å². The van der Waals surface area contributed by atoms with E-state index in [2.05, 4.69) is 15.4 Å². The quantitative estimate of drug-likeness (QED) is 0.451. The summed E-state index contributed by atoms with van der Waals surface area (Å²) in [5.41, 5.74) is 4.22. The van der Waals surface area contributed by atoms with Crippen LogP contribution in [0.5, 0.6) is 5.75 Å².